The zero-order chi connectivity index (χ0) is 14.5. The third-order valence-electron chi connectivity index (χ3n) is 1.85. The molecule has 0 saturated carbocycles. The molecule has 0 aliphatic heterocycles. The first-order valence-electron chi connectivity index (χ1n) is 5.10. The maximum Gasteiger partial charge on any atom is 0.330 e. The van der Waals surface area contributed by atoms with Crippen molar-refractivity contribution in [1.29, 1.82) is 0 Å². The number of ether oxygens (including phenoxy) is 1. The summed E-state index contributed by atoms with van der Waals surface area (Å²) < 4.78 is 57.5. The van der Waals surface area contributed by atoms with E-state index in [1.165, 1.54) is 0 Å². The van der Waals surface area contributed by atoms with Gasteiger partial charge in [0.25, 0.3) is 0 Å². The SMILES string of the molecule is Cc1nnc(CNC(=O)COCC(F)(F)C(F)F)o1. The number of rotatable bonds is 7. The predicted molar refractivity (Wildman–Crippen MR) is 52.7 cm³/mol. The Kier molecular flexibility index (Phi) is 5.21. The van der Waals surface area contributed by atoms with E-state index in [1.54, 1.807) is 6.92 Å². The van der Waals surface area contributed by atoms with Gasteiger partial charge >= 0.3 is 12.3 Å². The summed E-state index contributed by atoms with van der Waals surface area (Å²) in [5.41, 5.74) is 0. The van der Waals surface area contributed by atoms with Gasteiger partial charge in [-0.3, -0.25) is 4.79 Å². The van der Waals surface area contributed by atoms with Crippen LogP contribution in [0.5, 0.6) is 0 Å². The molecule has 108 valence electrons. The van der Waals surface area contributed by atoms with Crippen molar-refractivity contribution in [2.75, 3.05) is 13.2 Å². The van der Waals surface area contributed by atoms with Gasteiger partial charge in [-0.2, -0.15) is 8.78 Å². The van der Waals surface area contributed by atoms with Crippen LogP contribution >= 0.6 is 0 Å². The highest BCUT2D eigenvalue weighted by atomic mass is 19.3. The molecule has 19 heavy (non-hydrogen) atoms. The van der Waals surface area contributed by atoms with Gasteiger partial charge in [-0.15, -0.1) is 10.2 Å². The summed E-state index contributed by atoms with van der Waals surface area (Å²) in [6.07, 6.45) is -3.84. The lowest BCUT2D eigenvalue weighted by Crippen LogP contribution is -2.35. The second kappa shape index (κ2) is 6.45. The van der Waals surface area contributed by atoms with Gasteiger partial charge in [0.2, 0.25) is 17.7 Å². The fourth-order valence-electron chi connectivity index (χ4n) is 0.977. The lowest BCUT2D eigenvalue weighted by molar-refractivity contribution is -0.168. The van der Waals surface area contributed by atoms with Crippen LogP contribution in [0.2, 0.25) is 0 Å². The highest BCUT2D eigenvalue weighted by molar-refractivity contribution is 5.77. The van der Waals surface area contributed by atoms with E-state index < -0.39 is 31.5 Å². The minimum Gasteiger partial charge on any atom is -0.424 e. The third-order valence-corrected chi connectivity index (χ3v) is 1.85. The number of alkyl halides is 4. The largest absolute Gasteiger partial charge is 0.424 e. The molecule has 1 aromatic heterocycles. The lowest BCUT2D eigenvalue weighted by atomic mass is 10.4. The van der Waals surface area contributed by atoms with E-state index in [0.717, 1.165) is 0 Å². The van der Waals surface area contributed by atoms with Crippen LogP contribution in [0.1, 0.15) is 11.8 Å². The number of amides is 1. The Morgan fingerprint density at radius 1 is 1.47 bits per heavy atom. The number of aromatic nitrogens is 2. The van der Waals surface area contributed by atoms with E-state index in [0.29, 0.717) is 5.89 Å². The number of hydrogen-bond donors (Lipinski definition) is 1. The normalized spacial score (nSPS) is 11.9. The molecule has 10 heteroatoms. The van der Waals surface area contributed by atoms with Gasteiger partial charge in [-0.25, -0.2) is 8.78 Å². The number of carbonyl (C=O) groups is 1. The van der Waals surface area contributed by atoms with Crippen molar-refractivity contribution in [2.45, 2.75) is 25.8 Å². The standard InChI is InChI=1S/C9H11F4N3O3/c1-5-15-16-7(19-5)2-14-6(17)3-18-4-9(12,13)8(10)11/h8H,2-4H2,1H3,(H,14,17). The smallest absolute Gasteiger partial charge is 0.330 e. The van der Waals surface area contributed by atoms with E-state index in [-0.39, 0.29) is 12.4 Å². The molecule has 1 rings (SSSR count). The van der Waals surface area contributed by atoms with Crippen molar-refractivity contribution < 1.29 is 31.5 Å². The van der Waals surface area contributed by atoms with Crippen LogP contribution in [0.3, 0.4) is 0 Å². The van der Waals surface area contributed by atoms with E-state index in [1.807, 2.05) is 0 Å². The highest BCUT2D eigenvalue weighted by Crippen LogP contribution is 2.22. The highest BCUT2D eigenvalue weighted by Gasteiger charge is 2.41. The average Bonchev–Trinajstić information content (AvgIpc) is 2.72. The molecule has 0 spiro atoms. The molecule has 0 saturated heterocycles. The van der Waals surface area contributed by atoms with Gasteiger partial charge in [-0.1, -0.05) is 0 Å². The Labute approximate surface area is 105 Å². The van der Waals surface area contributed by atoms with Crippen molar-refractivity contribution >= 4 is 5.91 Å². The maximum atomic E-state index is 12.4. The molecule has 1 amide bonds. The molecule has 1 aromatic rings. The molecule has 0 aliphatic carbocycles. The van der Waals surface area contributed by atoms with Gasteiger partial charge in [-0.05, 0) is 0 Å². The first kappa shape index (κ1) is 15.3. The summed E-state index contributed by atoms with van der Waals surface area (Å²) in [6, 6.07) is 0. The molecule has 0 aromatic carbocycles. The molecule has 1 heterocycles. The van der Waals surface area contributed by atoms with Crippen LogP contribution in [0.15, 0.2) is 4.42 Å². The second-order valence-electron chi connectivity index (χ2n) is 3.55. The van der Waals surface area contributed by atoms with Crippen LogP contribution < -0.4 is 5.32 Å². The van der Waals surface area contributed by atoms with Gasteiger partial charge in [0, 0.05) is 6.92 Å². The Morgan fingerprint density at radius 3 is 2.68 bits per heavy atom. The molecule has 0 radical (unpaired) electrons. The molecule has 0 bridgehead atoms. The van der Waals surface area contributed by atoms with Crippen molar-refractivity contribution in [3.8, 4) is 0 Å². The molecule has 6 nitrogen and oxygen atoms in total. The molecular weight excluding hydrogens is 274 g/mol. The summed E-state index contributed by atoms with van der Waals surface area (Å²) in [4.78, 5) is 11.1. The van der Waals surface area contributed by atoms with Gasteiger partial charge in [0.15, 0.2) is 0 Å². The summed E-state index contributed by atoms with van der Waals surface area (Å²) in [5.74, 6) is -4.61. The van der Waals surface area contributed by atoms with Crippen LogP contribution in [0.4, 0.5) is 17.6 Å². The zero-order valence-electron chi connectivity index (χ0n) is 9.83. The first-order chi connectivity index (χ1) is 8.81. The second-order valence-corrected chi connectivity index (χ2v) is 3.55. The number of nitrogens with one attached hydrogen (secondary N) is 1. The van der Waals surface area contributed by atoms with Gasteiger partial charge in [0.05, 0.1) is 6.54 Å². The van der Waals surface area contributed by atoms with Crippen molar-refractivity contribution in [3.63, 3.8) is 0 Å². The fraction of sp³-hybridized carbons (Fsp3) is 0.667. The summed E-state index contributed by atoms with van der Waals surface area (Å²) in [5, 5.41) is 9.30. The molecule has 1 N–H and O–H groups in total. The number of halogens is 4. The predicted octanol–water partition coefficient (Wildman–Crippen LogP) is 0.911. The van der Waals surface area contributed by atoms with Gasteiger partial charge in [0.1, 0.15) is 13.2 Å². The van der Waals surface area contributed by atoms with E-state index >= 15 is 0 Å². The first-order valence-corrected chi connectivity index (χ1v) is 5.10. The van der Waals surface area contributed by atoms with Crippen LogP contribution in [0, 0.1) is 6.92 Å². The zero-order valence-corrected chi connectivity index (χ0v) is 9.83. The Morgan fingerprint density at radius 2 is 2.16 bits per heavy atom. The monoisotopic (exact) mass is 285 g/mol. The molecule has 0 atom stereocenters. The van der Waals surface area contributed by atoms with E-state index in [9.17, 15) is 22.4 Å². The topological polar surface area (TPSA) is 77.2 Å². The van der Waals surface area contributed by atoms with E-state index in [2.05, 4.69) is 20.3 Å². The number of nitrogens with zero attached hydrogens (tertiary/aromatic N) is 2. The minimum absolute atomic E-state index is 0.103. The maximum absolute atomic E-state index is 12.4. The van der Waals surface area contributed by atoms with Crippen LogP contribution in [-0.2, 0) is 16.1 Å². The molecule has 0 aliphatic rings. The Balaban J connectivity index is 2.22. The summed E-state index contributed by atoms with van der Waals surface area (Å²) >= 11 is 0. The van der Waals surface area contributed by atoms with Crippen LogP contribution in [0.25, 0.3) is 0 Å². The Hall–Kier alpha value is -1.71. The fourth-order valence-corrected chi connectivity index (χ4v) is 0.977. The summed E-state index contributed by atoms with van der Waals surface area (Å²) in [7, 11) is 0. The lowest BCUT2D eigenvalue weighted by Gasteiger charge is -2.14. The molecule has 0 unspecified atom stereocenters. The number of carbonyl (C=O) groups excluding carboxylic acids is 1. The van der Waals surface area contributed by atoms with E-state index in [4.69, 9.17) is 4.42 Å². The number of hydrogen-bond acceptors (Lipinski definition) is 5. The Bertz CT molecular complexity index is 425. The van der Waals surface area contributed by atoms with Crippen LogP contribution in [-0.4, -0.2) is 41.7 Å². The van der Waals surface area contributed by atoms with Gasteiger partial charge < -0.3 is 14.5 Å². The summed E-state index contributed by atoms with van der Waals surface area (Å²) in [6.45, 7) is -0.852. The third kappa shape index (κ3) is 5.20. The van der Waals surface area contributed by atoms with Crippen molar-refractivity contribution in [2.24, 2.45) is 0 Å². The quantitative estimate of drug-likeness (QED) is 0.753. The van der Waals surface area contributed by atoms with Crippen molar-refractivity contribution in [1.82, 2.24) is 15.5 Å². The molecular formula is C9H11F4N3O3. The average molecular weight is 285 g/mol. The number of aryl methyl sites for hydroxylation is 1. The van der Waals surface area contributed by atoms with Crippen molar-refractivity contribution in [3.05, 3.63) is 11.8 Å². The molecule has 0 fully saturated rings. The minimum atomic E-state index is -4.27.